The van der Waals surface area contributed by atoms with Gasteiger partial charge in [-0.15, -0.1) is 0 Å². The van der Waals surface area contributed by atoms with Crippen molar-refractivity contribution in [2.45, 2.75) is 19.4 Å². The highest BCUT2D eigenvalue weighted by atomic mass is 16.4. The molecular formula is C17H19NO3. The van der Waals surface area contributed by atoms with E-state index in [4.69, 9.17) is 10.2 Å². The zero-order chi connectivity index (χ0) is 15.1. The summed E-state index contributed by atoms with van der Waals surface area (Å²) in [6, 6.07) is 14.9. The van der Waals surface area contributed by atoms with Gasteiger partial charge in [0.15, 0.2) is 0 Å². The first-order chi connectivity index (χ1) is 10.2. The van der Waals surface area contributed by atoms with E-state index in [1.165, 1.54) is 5.56 Å². The van der Waals surface area contributed by atoms with Crippen molar-refractivity contribution in [1.29, 1.82) is 0 Å². The van der Waals surface area contributed by atoms with Crippen LogP contribution in [0.25, 0.3) is 0 Å². The van der Waals surface area contributed by atoms with Gasteiger partial charge >= 0.3 is 5.97 Å². The molecule has 0 aliphatic carbocycles. The number of benzene rings is 2. The Labute approximate surface area is 124 Å². The molecule has 2 rings (SSSR count). The Kier molecular flexibility index (Phi) is 5.35. The molecule has 0 aliphatic rings. The molecule has 0 radical (unpaired) electrons. The zero-order valence-corrected chi connectivity index (χ0v) is 11.7. The van der Waals surface area contributed by atoms with Crippen LogP contribution in [0.2, 0.25) is 0 Å². The predicted molar refractivity (Wildman–Crippen MR) is 82.6 cm³/mol. The third kappa shape index (κ3) is 4.61. The Hall–Kier alpha value is -2.33. The number of anilines is 1. The van der Waals surface area contributed by atoms with E-state index in [1.807, 2.05) is 30.3 Å². The number of aryl methyl sites for hydroxylation is 1. The van der Waals surface area contributed by atoms with Gasteiger partial charge in [0.2, 0.25) is 0 Å². The van der Waals surface area contributed by atoms with Crippen molar-refractivity contribution in [2.24, 2.45) is 0 Å². The molecule has 0 saturated heterocycles. The minimum absolute atomic E-state index is 0.202. The molecule has 0 saturated carbocycles. The van der Waals surface area contributed by atoms with Crippen molar-refractivity contribution < 1.29 is 15.0 Å². The second-order valence-electron chi connectivity index (χ2n) is 4.88. The second kappa shape index (κ2) is 7.45. The van der Waals surface area contributed by atoms with E-state index in [0.717, 1.165) is 24.1 Å². The Morgan fingerprint density at radius 1 is 1.05 bits per heavy atom. The number of hydrogen-bond acceptors (Lipinski definition) is 3. The van der Waals surface area contributed by atoms with E-state index in [2.05, 4.69) is 11.4 Å². The highest BCUT2D eigenvalue weighted by molar-refractivity contribution is 5.87. The molecule has 4 nitrogen and oxygen atoms in total. The summed E-state index contributed by atoms with van der Waals surface area (Å²) in [5.74, 6) is -0.911. The molecule has 0 bridgehead atoms. The normalized spacial score (nSPS) is 10.3. The second-order valence-corrected chi connectivity index (χ2v) is 4.88. The Morgan fingerprint density at radius 2 is 1.81 bits per heavy atom. The molecule has 0 heterocycles. The Morgan fingerprint density at radius 3 is 2.48 bits per heavy atom. The summed E-state index contributed by atoms with van der Waals surface area (Å²) in [6.45, 7) is 0.844. The summed E-state index contributed by atoms with van der Waals surface area (Å²) < 4.78 is 0. The van der Waals surface area contributed by atoms with E-state index >= 15 is 0 Å². The summed E-state index contributed by atoms with van der Waals surface area (Å²) >= 11 is 0. The van der Waals surface area contributed by atoms with E-state index in [-0.39, 0.29) is 6.61 Å². The largest absolute Gasteiger partial charge is 0.478 e. The van der Waals surface area contributed by atoms with Gasteiger partial charge in [0, 0.05) is 18.8 Å². The summed E-state index contributed by atoms with van der Waals surface area (Å²) in [4.78, 5) is 10.8. The van der Waals surface area contributed by atoms with Gasteiger partial charge in [-0.2, -0.15) is 0 Å². The van der Waals surface area contributed by atoms with E-state index in [9.17, 15) is 4.79 Å². The number of carboxylic acids is 1. The van der Waals surface area contributed by atoms with Gasteiger partial charge in [-0.1, -0.05) is 24.3 Å². The highest BCUT2D eigenvalue weighted by Crippen LogP contribution is 2.14. The van der Waals surface area contributed by atoms with Crippen LogP contribution in [-0.2, 0) is 13.0 Å². The van der Waals surface area contributed by atoms with Crippen LogP contribution in [0.5, 0.6) is 0 Å². The van der Waals surface area contributed by atoms with E-state index in [0.29, 0.717) is 12.1 Å². The number of rotatable bonds is 7. The first kappa shape index (κ1) is 15.1. The van der Waals surface area contributed by atoms with E-state index < -0.39 is 5.97 Å². The predicted octanol–water partition coefficient (Wildman–Crippen LogP) is 2.92. The molecule has 0 fully saturated rings. The van der Waals surface area contributed by atoms with Gasteiger partial charge < -0.3 is 15.5 Å². The number of hydrogen-bond donors (Lipinski definition) is 3. The molecule has 4 heteroatoms. The molecular weight excluding hydrogens is 266 g/mol. The van der Waals surface area contributed by atoms with Gasteiger partial charge in [0.25, 0.3) is 0 Å². The van der Waals surface area contributed by atoms with E-state index in [1.54, 1.807) is 12.1 Å². The van der Waals surface area contributed by atoms with Crippen molar-refractivity contribution in [3.05, 3.63) is 65.2 Å². The van der Waals surface area contributed by atoms with Gasteiger partial charge in [-0.25, -0.2) is 4.79 Å². The third-order valence-corrected chi connectivity index (χ3v) is 3.25. The summed E-state index contributed by atoms with van der Waals surface area (Å²) in [5.41, 5.74) is 3.54. The van der Waals surface area contributed by atoms with Crippen molar-refractivity contribution in [3.63, 3.8) is 0 Å². The van der Waals surface area contributed by atoms with Crippen molar-refractivity contribution in [1.82, 2.24) is 0 Å². The fourth-order valence-corrected chi connectivity index (χ4v) is 2.09. The zero-order valence-electron chi connectivity index (χ0n) is 11.7. The minimum Gasteiger partial charge on any atom is -0.478 e. The smallest absolute Gasteiger partial charge is 0.335 e. The number of aliphatic hydroxyl groups excluding tert-OH is 1. The van der Waals surface area contributed by atoms with Crippen LogP contribution >= 0.6 is 0 Å². The van der Waals surface area contributed by atoms with Crippen LogP contribution < -0.4 is 5.32 Å². The van der Waals surface area contributed by atoms with Crippen LogP contribution in [0.4, 0.5) is 5.69 Å². The van der Waals surface area contributed by atoms with Crippen molar-refractivity contribution >= 4 is 11.7 Å². The number of nitrogens with one attached hydrogen (secondary N) is 1. The van der Waals surface area contributed by atoms with Crippen molar-refractivity contribution in [3.8, 4) is 0 Å². The Balaban J connectivity index is 1.94. The minimum atomic E-state index is -0.911. The lowest BCUT2D eigenvalue weighted by atomic mass is 10.1. The summed E-state index contributed by atoms with van der Waals surface area (Å²) in [5, 5.41) is 21.0. The number of carbonyl (C=O) groups is 1. The van der Waals surface area contributed by atoms with Crippen LogP contribution in [0.1, 0.15) is 27.9 Å². The first-order valence-electron chi connectivity index (χ1n) is 6.95. The lowest BCUT2D eigenvalue weighted by Crippen LogP contribution is -2.01. The first-order valence-corrected chi connectivity index (χ1v) is 6.95. The molecule has 110 valence electrons. The molecule has 21 heavy (non-hydrogen) atoms. The monoisotopic (exact) mass is 285 g/mol. The quantitative estimate of drug-likeness (QED) is 0.731. The fraction of sp³-hybridized carbons (Fsp3) is 0.235. The summed E-state index contributed by atoms with van der Waals surface area (Å²) in [7, 11) is 0. The Bertz CT molecular complexity index is 593. The van der Waals surface area contributed by atoms with Gasteiger partial charge in [0.05, 0.1) is 5.56 Å². The van der Waals surface area contributed by atoms with Gasteiger partial charge in [-0.3, -0.25) is 0 Å². The molecule has 2 aromatic rings. The third-order valence-electron chi connectivity index (χ3n) is 3.25. The molecule has 0 unspecified atom stereocenters. The molecule has 0 aromatic heterocycles. The SMILES string of the molecule is O=C(O)c1ccc(CNc2cccc(CCCO)c2)cc1. The van der Waals surface area contributed by atoms with Gasteiger partial charge in [0.1, 0.15) is 0 Å². The van der Waals surface area contributed by atoms with Crippen LogP contribution in [0.3, 0.4) is 0 Å². The van der Waals surface area contributed by atoms with Crippen molar-refractivity contribution in [2.75, 3.05) is 11.9 Å². The maximum Gasteiger partial charge on any atom is 0.335 e. The maximum atomic E-state index is 10.8. The van der Waals surface area contributed by atoms with Crippen LogP contribution in [-0.4, -0.2) is 22.8 Å². The van der Waals surface area contributed by atoms with Crippen LogP contribution in [0, 0.1) is 0 Å². The van der Waals surface area contributed by atoms with Gasteiger partial charge in [-0.05, 0) is 48.2 Å². The average Bonchev–Trinajstić information content (AvgIpc) is 2.52. The molecule has 0 spiro atoms. The fourth-order valence-electron chi connectivity index (χ4n) is 2.09. The molecule has 0 aliphatic heterocycles. The average molecular weight is 285 g/mol. The molecule has 0 amide bonds. The maximum absolute atomic E-state index is 10.8. The number of aromatic carboxylic acids is 1. The highest BCUT2D eigenvalue weighted by Gasteiger charge is 2.02. The summed E-state index contributed by atoms with van der Waals surface area (Å²) in [6.07, 6.45) is 1.62. The molecule has 3 N–H and O–H groups in total. The number of aliphatic hydroxyl groups is 1. The lowest BCUT2D eigenvalue weighted by Gasteiger charge is -2.09. The molecule has 2 aromatic carbocycles. The van der Waals surface area contributed by atoms with Crippen LogP contribution in [0.15, 0.2) is 48.5 Å². The lowest BCUT2D eigenvalue weighted by molar-refractivity contribution is 0.0697. The molecule has 0 atom stereocenters. The number of carboxylic acid groups (broad SMARTS) is 1. The topological polar surface area (TPSA) is 69.6 Å². The standard InChI is InChI=1S/C17H19NO3/c19-10-2-4-13-3-1-5-16(11-13)18-12-14-6-8-15(9-7-14)17(20)21/h1,3,5-9,11,18-19H,2,4,10,12H2,(H,20,21).